The molecule has 2 aliphatic carbocycles. The number of hydrogen-bond acceptors (Lipinski definition) is 5. The van der Waals surface area contributed by atoms with Gasteiger partial charge in [0, 0.05) is 25.2 Å². The van der Waals surface area contributed by atoms with E-state index < -0.39 is 6.16 Å². The number of ether oxygens (including phenoxy) is 2. The lowest BCUT2D eigenvalue weighted by atomic mass is 9.94. The van der Waals surface area contributed by atoms with E-state index in [1.165, 1.54) is 64.2 Å². The molecule has 2 rings (SSSR count). The fourth-order valence-electron chi connectivity index (χ4n) is 4.62. The third-order valence-electron chi connectivity index (χ3n) is 6.19. The first-order valence-corrected chi connectivity index (χ1v) is 11.0. The second kappa shape index (κ2) is 14.5. The fourth-order valence-corrected chi connectivity index (χ4v) is 4.62. The van der Waals surface area contributed by atoms with Gasteiger partial charge in [0.1, 0.15) is 13.2 Å². The SMILES string of the molecule is CCN(CCOC(=O)OCCN(CC)C1CCCCC1)C1CCCCC1.Cl. The van der Waals surface area contributed by atoms with Crippen molar-refractivity contribution >= 4 is 18.6 Å². The minimum atomic E-state index is -0.510. The van der Waals surface area contributed by atoms with Gasteiger partial charge in [-0.15, -0.1) is 12.4 Å². The Morgan fingerprint density at radius 2 is 1.11 bits per heavy atom. The summed E-state index contributed by atoms with van der Waals surface area (Å²) < 4.78 is 10.6. The first-order chi connectivity index (χ1) is 12.7. The van der Waals surface area contributed by atoms with Crippen LogP contribution in [0.25, 0.3) is 0 Å². The van der Waals surface area contributed by atoms with Crippen LogP contribution in [0.4, 0.5) is 4.79 Å². The van der Waals surface area contributed by atoms with Crippen molar-refractivity contribution in [1.82, 2.24) is 9.80 Å². The van der Waals surface area contributed by atoms with Crippen molar-refractivity contribution in [2.75, 3.05) is 39.4 Å². The Bertz CT molecular complexity index is 352. The molecule has 0 atom stereocenters. The quantitative estimate of drug-likeness (QED) is 0.486. The van der Waals surface area contributed by atoms with E-state index in [2.05, 4.69) is 23.6 Å². The van der Waals surface area contributed by atoms with Crippen LogP contribution in [0.5, 0.6) is 0 Å². The average molecular weight is 405 g/mol. The molecule has 2 saturated carbocycles. The van der Waals surface area contributed by atoms with Crippen molar-refractivity contribution in [1.29, 1.82) is 0 Å². The summed E-state index contributed by atoms with van der Waals surface area (Å²) in [4.78, 5) is 16.8. The molecule has 0 N–H and O–H groups in total. The molecule has 0 amide bonds. The highest BCUT2D eigenvalue weighted by Crippen LogP contribution is 2.23. The van der Waals surface area contributed by atoms with E-state index in [0.717, 1.165) is 26.2 Å². The summed E-state index contributed by atoms with van der Waals surface area (Å²) in [7, 11) is 0. The zero-order valence-electron chi connectivity index (χ0n) is 17.5. The zero-order valence-corrected chi connectivity index (χ0v) is 18.3. The summed E-state index contributed by atoms with van der Waals surface area (Å²) in [5.41, 5.74) is 0. The molecule has 0 bridgehead atoms. The van der Waals surface area contributed by atoms with E-state index in [-0.39, 0.29) is 12.4 Å². The van der Waals surface area contributed by atoms with Crippen LogP contribution < -0.4 is 0 Å². The first-order valence-electron chi connectivity index (χ1n) is 11.0. The highest BCUT2D eigenvalue weighted by atomic mass is 35.5. The lowest BCUT2D eigenvalue weighted by molar-refractivity contribution is 0.0317. The maximum atomic E-state index is 11.9. The Morgan fingerprint density at radius 3 is 1.44 bits per heavy atom. The van der Waals surface area contributed by atoms with Gasteiger partial charge in [0.15, 0.2) is 0 Å². The third kappa shape index (κ3) is 9.01. The predicted molar refractivity (Wildman–Crippen MR) is 113 cm³/mol. The molecular formula is C21H41ClN2O3. The number of rotatable bonds is 10. The largest absolute Gasteiger partial charge is 0.508 e. The van der Waals surface area contributed by atoms with Crippen molar-refractivity contribution in [3.63, 3.8) is 0 Å². The maximum absolute atomic E-state index is 11.9. The molecule has 5 nitrogen and oxygen atoms in total. The average Bonchev–Trinajstić information content (AvgIpc) is 2.70. The van der Waals surface area contributed by atoms with Crippen LogP contribution in [-0.2, 0) is 9.47 Å². The van der Waals surface area contributed by atoms with Gasteiger partial charge in [0.05, 0.1) is 0 Å². The van der Waals surface area contributed by atoms with E-state index in [0.29, 0.717) is 25.3 Å². The molecule has 0 aromatic carbocycles. The molecule has 0 heterocycles. The van der Waals surface area contributed by atoms with E-state index >= 15 is 0 Å². The van der Waals surface area contributed by atoms with Gasteiger partial charge < -0.3 is 9.47 Å². The minimum Gasteiger partial charge on any atom is -0.433 e. The summed E-state index contributed by atoms with van der Waals surface area (Å²) in [5, 5.41) is 0. The van der Waals surface area contributed by atoms with Crippen molar-refractivity contribution in [3.8, 4) is 0 Å². The van der Waals surface area contributed by atoms with Crippen LogP contribution in [0.1, 0.15) is 78.1 Å². The van der Waals surface area contributed by atoms with Gasteiger partial charge in [-0.1, -0.05) is 52.4 Å². The Kier molecular flexibility index (Phi) is 13.1. The number of hydrogen-bond donors (Lipinski definition) is 0. The number of halogens is 1. The molecule has 27 heavy (non-hydrogen) atoms. The topological polar surface area (TPSA) is 42.0 Å². The molecule has 0 aromatic rings. The van der Waals surface area contributed by atoms with Gasteiger partial charge in [0.25, 0.3) is 0 Å². The molecule has 160 valence electrons. The van der Waals surface area contributed by atoms with E-state index in [1.54, 1.807) is 0 Å². The smallest absolute Gasteiger partial charge is 0.433 e. The standard InChI is InChI=1S/C21H40N2O3.ClH/c1-3-22(19-11-7-5-8-12-19)15-17-25-21(24)26-18-16-23(4-2)20-13-9-6-10-14-20;/h19-20H,3-18H2,1-2H3;1H. The second-order valence-electron chi connectivity index (χ2n) is 7.79. The highest BCUT2D eigenvalue weighted by Gasteiger charge is 2.21. The Balaban J connectivity index is 0.00000364. The molecule has 6 heteroatoms. The van der Waals surface area contributed by atoms with Gasteiger partial charge in [0.2, 0.25) is 0 Å². The summed E-state index contributed by atoms with van der Waals surface area (Å²) in [6.07, 6.45) is 12.7. The van der Waals surface area contributed by atoms with Crippen LogP contribution >= 0.6 is 12.4 Å². The zero-order chi connectivity index (χ0) is 18.6. The Hall–Kier alpha value is -0.520. The van der Waals surface area contributed by atoms with E-state index in [1.807, 2.05) is 0 Å². The number of nitrogens with zero attached hydrogens (tertiary/aromatic N) is 2. The Morgan fingerprint density at radius 1 is 0.741 bits per heavy atom. The van der Waals surface area contributed by atoms with Crippen molar-refractivity contribution in [2.45, 2.75) is 90.1 Å². The lowest BCUT2D eigenvalue weighted by Crippen LogP contribution is -2.39. The number of carbonyl (C=O) groups excluding carboxylic acids is 1. The highest BCUT2D eigenvalue weighted by molar-refractivity contribution is 5.85. The summed E-state index contributed by atoms with van der Waals surface area (Å²) >= 11 is 0. The van der Waals surface area contributed by atoms with Gasteiger partial charge >= 0.3 is 6.16 Å². The normalized spacial score (nSPS) is 19.1. The van der Waals surface area contributed by atoms with Gasteiger partial charge in [-0.05, 0) is 38.8 Å². The third-order valence-corrected chi connectivity index (χ3v) is 6.19. The predicted octanol–water partition coefficient (Wildman–Crippen LogP) is 4.87. The second-order valence-corrected chi connectivity index (χ2v) is 7.79. The number of likely N-dealkylation sites (N-methyl/N-ethyl adjacent to an activating group) is 2. The van der Waals surface area contributed by atoms with E-state index in [9.17, 15) is 4.79 Å². The molecule has 0 aliphatic heterocycles. The van der Waals surface area contributed by atoms with Gasteiger partial charge in [-0.2, -0.15) is 0 Å². The minimum absolute atomic E-state index is 0. The Labute approximate surface area is 172 Å². The van der Waals surface area contributed by atoms with Crippen molar-refractivity contribution in [3.05, 3.63) is 0 Å². The molecular weight excluding hydrogens is 364 g/mol. The molecule has 0 radical (unpaired) electrons. The first kappa shape index (κ1) is 24.5. The van der Waals surface area contributed by atoms with Crippen LogP contribution in [-0.4, -0.2) is 67.4 Å². The monoisotopic (exact) mass is 404 g/mol. The van der Waals surface area contributed by atoms with Crippen molar-refractivity contribution < 1.29 is 14.3 Å². The van der Waals surface area contributed by atoms with Gasteiger partial charge in [-0.25, -0.2) is 4.79 Å². The molecule has 2 aliphatic rings. The molecule has 2 fully saturated rings. The number of carbonyl (C=O) groups is 1. The summed E-state index contributed by atoms with van der Waals surface area (Å²) in [6, 6.07) is 1.34. The van der Waals surface area contributed by atoms with Crippen molar-refractivity contribution in [2.24, 2.45) is 0 Å². The van der Waals surface area contributed by atoms with Crippen LogP contribution in [0.3, 0.4) is 0 Å². The van der Waals surface area contributed by atoms with Crippen LogP contribution in [0.2, 0.25) is 0 Å². The summed E-state index contributed by atoms with van der Waals surface area (Å²) in [6.45, 7) is 8.94. The van der Waals surface area contributed by atoms with Crippen LogP contribution in [0, 0.1) is 0 Å². The maximum Gasteiger partial charge on any atom is 0.508 e. The van der Waals surface area contributed by atoms with E-state index in [4.69, 9.17) is 9.47 Å². The molecule has 0 saturated heterocycles. The summed E-state index contributed by atoms with van der Waals surface area (Å²) in [5.74, 6) is 0. The molecule has 0 unspecified atom stereocenters. The van der Waals surface area contributed by atoms with Crippen LogP contribution in [0.15, 0.2) is 0 Å². The fraction of sp³-hybridized carbons (Fsp3) is 0.952. The van der Waals surface area contributed by atoms with Gasteiger partial charge in [-0.3, -0.25) is 9.80 Å². The lowest BCUT2D eigenvalue weighted by Gasteiger charge is -2.33. The molecule has 0 spiro atoms. The molecule has 0 aromatic heterocycles.